The molecule has 0 unspecified atom stereocenters. The lowest BCUT2D eigenvalue weighted by atomic mass is 10.0. The SMILES string of the molecule is CCCCOc1ccc(C[C@H](NC(=O)/C=C/c2ccccc2)C(=O)NCCc2ccc(OC)cc2)cc1. The van der Waals surface area contributed by atoms with Gasteiger partial charge in [0.2, 0.25) is 11.8 Å². The average molecular weight is 501 g/mol. The van der Waals surface area contributed by atoms with Crippen molar-refractivity contribution in [2.45, 2.75) is 38.6 Å². The highest BCUT2D eigenvalue weighted by Crippen LogP contribution is 2.15. The number of amides is 2. The predicted octanol–water partition coefficient (Wildman–Crippen LogP) is 4.97. The highest BCUT2D eigenvalue weighted by atomic mass is 16.5. The van der Waals surface area contributed by atoms with Crippen LogP contribution in [0.2, 0.25) is 0 Å². The van der Waals surface area contributed by atoms with Gasteiger partial charge in [-0.3, -0.25) is 9.59 Å². The van der Waals surface area contributed by atoms with Crippen LogP contribution in [0.5, 0.6) is 11.5 Å². The van der Waals surface area contributed by atoms with Crippen LogP contribution in [0.4, 0.5) is 0 Å². The van der Waals surface area contributed by atoms with Crippen LogP contribution in [0, 0.1) is 0 Å². The Hall–Kier alpha value is -4.06. The molecule has 6 heteroatoms. The van der Waals surface area contributed by atoms with Crippen LogP contribution in [-0.2, 0) is 22.4 Å². The zero-order valence-corrected chi connectivity index (χ0v) is 21.6. The summed E-state index contributed by atoms with van der Waals surface area (Å²) in [4.78, 5) is 25.8. The molecular weight excluding hydrogens is 464 g/mol. The Bertz CT molecular complexity index is 1130. The van der Waals surface area contributed by atoms with Crippen LogP contribution in [0.15, 0.2) is 84.9 Å². The first kappa shape index (κ1) is 27.5. The maximum atomic E-state index is 13.1. The van der Waals surface area contributed by atoms with E-state index >= 15 is 0 Å². The van der Waals surface area contributed by atoms with E-state index in [1.54, 1.807) is 13.2 Å². The molecule has 6 nitrogen and oxygen atoms in total. The van der Waals surface area contributed by atoms with E-state index in [1.165, 1.54) is 6.08 Å². The van der Waals surface area contributed by atoms with Gasteiger partial charge in [0.1, 0.15) is 17.5 Å². The Labute approximate surface area is 219 Å². The molecule has 2 amide bonds. The van der Waals surface area contributed by atoms with Crippen LogP contribution < -0.4 is 20.1 Å². The third-order valence-corrected chi connectivity index (χ3v) is 5.86. The molecule has 1 atom stereocenters. The fraction of sp³-hybridized carbons (Fsp3) is 0.290. The standard InChI is InChI=1S/C31H36N2O4/c1-3-4-22-37-28-17-12-26(13-18-28)23-29(33-30(34)19-14-24-8-6-5-7-9-24)31(35)32-21-20-25-10-15-27(36-2)16-11-25/h5-19,29H,3-4,20-23H2,1-2H3,(H,32,35)(H,33,34)/b19-14+/t29-/m0/s1. The summed E-state index contributed by atoms with van der Waals surface area (Å²) in [5, 5.41) is 5.84. The summed E-state index contributed by atoms with van der Waals surface area (Å²) in [7, 11) is 1.63. The number of carbonyl (C=O) groups excluding carboxylic acids is 2. The summed E-state index contributed by atoms with van der Waals surface area (Å²) in [5.74, 6) is 1.05. The molecule has 194 valence electrons. The molecule has 3 aromatic carbocycles. The Morgan fingerprint density at radius 2 is 1.57 bits per heavy atom. The molecule has 3 rings (SSSR count). The summed E-state index contributed by atoms with van der Waals surface area (Å²) in [6, 6.07) is 24.3. The predicted molar refractivity (Wildman–Crippen MR) is 148 cm³/mol. The van der Waals surface area contributed by atoms with Gasteiger partial charge in [0.25, 0.3) is 0 Å². The van der Waals surface area contributed by atoms with Crippen molar-refractivity contribution in [3.05, 3.63) is 102 Å². The van der Waals surface area contributed by atoms with Gasteiger partial charge in [-0.25, -0.2) is 0 Å². The molecule has 0 aliphatic heterocycles. The zero-order chi connectivity index (χ0) is 26.3. The molecule has 0 fully saturated rings. The van der Waals surface area contributed by atoms with E-state index in [0.29, 0.717) is 26.0 Å². The van der Waals surface area contributed by atoms with E-state index in [4.69, 9.17) is 9.47 Å². The quantitative estimate of drug-likeness (QED) is 0.242. The lowest BCUT2D eigenvalue weighted by Crippen LogP contribution is -2.48. The van der Waals surface area contributed by atoms with Gasteiger partial charge in [0.05, 0.1) is 13.7 Å². The highest BCUT2D eigenvalue weighted by Gasteiger charge is 2.20. The van der Waals surface area contributed by atoms with Crippen LogP contribution in [0.3, 0.4) is 0 Å². The monoisotopic (exact) mass is 500 g/mol. The van der Waals surface area contributed by atoms with E-state index in [0.717, 1.165) is 41.0 Å². The molecule has 0 radical (unpaired) electrons. The largest absolute Gasteiger partial charge is 0.497 e. The summed E-state index contributed by atoms with van der Waals surface area (Å²) in [6.45, 7) is 3.26. The summed E-state index contributed by atoms with van der Waals surface area (Å²) < 4.78 is 10.9. The van der Waals surface area contributed by atoms with E-state index in [9.17, 15) is 9.59 Å². The Morgan fingerprint density at radius 1 is 0.892 bits per heavy atom. The number of rotatable bonds is 14. The molecule has 0 aliphatic carbocycles. The minimum absolute atomic E-state index is 0.224. The fourth-order valence-electron chi connectivity index (χ4n) is 3.70. The first-order valence-electron chi connectivity index (χ1n) is 12.7. The molecule has 0 heterocycles. The van der Waals surface area contributed by atoms with Crippen molar-refractivity contribution in [3.8, 4) is 11.5 Å². The van der Waals surface area contributed by atoms with Crippen LogP contribution in [-0.4, -0.2) is 38.1 Å². The topological polar surface area (TPSA) is 76.7 Å². The normalized spacial score (nSPS) is 11.6. The molecule has 3 aromatic rings. The van der Waals surface area contributed by atoms with Gasteiger partial charge in [-0.2, -0.15) is 0 Å². The van der Waals surface area contributed by atoms with Crippen LogP contribution >= 0.6 is 0 Å². The second-order valence-electron chi connectivity index (χ2n) is 8.74. The van der Waals surface area contributed by atoms with E-state index in [1.807, 2.05) is 78.9 Å². The number of hydrogen-bond acceptors (Lipinski definition) is 4. The zero-order valence-electron chi connectivity index (χ0n) is 21.6. The number of hydrogen-bond donors (Lipinski definition) is 2. The van der Waals surface area contributed by atoms with Gasteiger partial charge < -0.3 is 20.1 Å². The Balaban J connectivity index is 1.62. The van der Waals surface area contributed by atoms with Gasteiger partial charge in [-0.1, -0.05) is 67.9 Å². The van der Waals surface area contributed by atoms with Gasteiger partial charge >= 0.3 is 0 Å². The number of nitrogens with one attached hydrogen (secondary N) is 2. The lowest BCUT2D eigenvalue weighted by molar-refractivity contribution is -0.127. The van der Waals surface area contributed by atoms with Crippen molar-refractivity contribution in [1.82, 2.24) is 10.6 Å². The molecule has 2 N–H and O–H groups in total. The molecule has 0 bridgehead atoms. The third kappa shape index (κ3) is 9.84. The lowest BCUT2D eigenvalue weighted by Gasteiger charge is -2.18. The number of carbonyl (C=O) groups is 2. The number of methoxy groups -OCH3 is 1. The minimum Gasteiger partial charge on any atom is -0.497 e. The number of unbranched alkanes of at least 4 members (excludes halogenated alkanes) is 1. The Morgan fingerprint density at radius 3 is 2.24 bits per heavy atom. The average Bonchev–Trinajstić information content (AvgIpc) is 2.93. The van der Waals surface area contributed by atoms with Gasteiger partial charge in [-0.05, 0) is 59.9 Å². The fourth-order valence-corrected chi connectivity index (χ4v) is 3.70. The van der Waals surface area contributed by atoms with Crippen molar-refractivity contribution in [3.63, 3.8) is 0 Å². The van der Waals surface area contributed by atoms with Crippen molar-refractivity contribution in [1.29, 1.82) is 0 Å². The molecule has 0 saturated carbocycles. The molecule has 0 saturated heterocycles. The van der Waals surface area contributed by atoms with Crippen LogP contribution in [0.25, 0.3) is 6.08 Å². The maximum Gasteiger partial charge on any atom is 0.244 e. The first-order valence-corrected chi connectivity index (χ1v) is 12.7. The van der Waals surface area contributed by atoms with Gasteiger partial charge in [-0.15, -0.1) is 0 Å². The second-order valence-corrected chi connectivity index (χ2v) is 8.74. The molecule has 0 aromatic heterocycles. The molecule has 37 heavy (non-hydrogen) atoms. The third-order valence-electron chi connectivity index (χ3n) is 5.86. The van der Waals surface area contributed by atoms with Crippen LogP contribution in [0.1, 0.15) is 36.5 Å². The first-order chi connectivity index (χ1) is 18.1. The van der Waals surface area contributed by atoms with E-state index in [-0.39, 0.29) is 11.8 Å². The Kier molecular flexibility index (Phi) is 11.3. The number of benzene rings is 3. The molecule has 0 spiro atoms. The molecule has 0 aliphatic rings. The van der Waals surface area contributed by atoms with Crippen molar-refractivity contribution in [2.75, 3.05) is 20.3 Å². The summed E-state index contributed by atoms with van der Waals surface area (Å²) in [6.07, 6.45) is 6.31. The number of ether oxygens (including phenoxy) is 2. The minimum atomic E-state index is -0.712. The van der Waals surface area contributed by atoms with E-state index in [2.05, 4.69) is 17.6 Å². The second kappa shape index (κ2) is 15.1. The maximum absolute atomic E-state index is 13.1. The smallest absolute Gasteiger partial charge is 0.244 e. The van der Waals surface area contributed by atoms with Crippen molar-refractivity contribution in [2.24, 2.45) is 0 Å². The summed E-state index contributed by atoms with van der Waals surface area (Å²) in [5.41, 5.74) is 2.94. The van der Waals surface area contributed by atoms with Crippen molar-refractivity contribution < 1.29 is 19.1 Å². The van der Waals surface area contributed by atoms with E-state index < -0.39 is 6.04 Å². The molecular formula is C31H36N2O4. The highest BCUT2D eigenvalue weighted by molar-refractivity contribution is 5.95. The van der Waals surface area contributed by atoms with Gasteiger partial charge in [0.15, 0.2) is 0 Å². The van der Waals surface area contributed by atoms with Gasteiger partial charge in [0, 0.05) is 19.0 Å². The van der Waals surface area contributed by atoms with Crippen molar-refractivity contribution >= 4 is 17.9 Å². The summed E-state index contributed by atoms with van der Waals surface area (Å²) >= 11 is 0.